The Morgan fingerprint density at radius 2 is 1.27 bits per heavy atom. The lowest BCUT2D eigenvalue weighted by Gasteiger charge is -2.15. The summed E-state index contributed by atoms with van der Waals surface area (Å²) in [4.78, 5) is 0. The van der Waals surface area contributed by atoms with Crippen molar-refractivity contribution in [3.05, 3.63) is 41.8 Å². The zero-order chi connectivity index (χ0) is 11.9. The molecule has 0 saturated carbocycles. The summed E-state index contributed by atoms with van der Waals surface area (Å²) in [6.07, 6.45) is -10.0. The standard InChI is InChI=1S/C9H5F6/c1-5-2-3-6(8(10,11)12)7(4-5)9(13,14)15/h2-4H,1H2. The van der Waals surface area contributed by atoms with Crippen molar-refractivity contribution in [2.75, 3.05) is 0 Å². The highest BCUT2D eigenvalue weighted by molar-refractivity contribution is 5.37. The van der Waals surface area contributed by atoms with Gasteiger partial charge < -0.3 is 0 Å². The fourth-order valence-corrected chi connectivity index (χ4v) is 1.07. The maximum absolute atomic E-state index is 12.2. The molecule has 1 radical (unpaired) electrons. The molecule has 6 heteroatoms. The largest absolute Gasteiger partial charge is 0.417 e. The van der Waals surface area contributed by atoms with Crippen molar-refractivity contribution >= 4 is 0 Å². The molecule has 0 nitrogen and oxygen atoms in total. The van der Waals surface area contributed by atoms with Gasteiger partial charge in [-0.15, -0.1) is 0 Å². The minimum absolute atomic E-state index is 0.115. The molecule has 0 spiro atoms. The van der Waals surface area contributed by atoms with E-state index in [2.05, 4.69) is 6.92 Å². The van der Waals surface area contributed by atoms with Gasteiger partial charge in [0.05, 0.1) is 11.1 Å². The normalized spacial score (nSPS) is 13.0. The van der Waals surface area contributed by atoms with Crippen LogP contribution in [0.3, 0.4) is 0 Å². The van der Waals surface area contributed by atoms with E-state index in [4.69, 9.17) is 0 Å². The van der Waals surface area contributed by atoms with E-state index in [9.17, 15) is 26.3 Å². The van der Waals surface area contributed by atoms with Crippen molar-refractivity contribution in [3.63, 3.8) is 0 Å². The summed E-state index contributed by atoms with van der Waals surface area (Å²) in [5.74, 6) is 0. The van der Waals surface area contributed by atoms with Crippen molar-refractivity contribution in [1.29, 1.82) is 0 Å². The van der Waals surface area contributed by atoms with Crippen LogP contribution < -0.4 is 0 Å². The third-order valence-electron chi connectivity index (χ3n) is 1.69. The Morgan fingerprint density at radius 1 is 0.800 bits per heavy atom. The number of hydrogen-bond donors (Lipinski definition) is 0. The number of hydrogen-bond acceptors (Lipinski definition) is 0. The van der Waals surface area contributed by atoms with Crippen molar-refractivity contribution < 1.29 is 26.3 Å². The summed E-state index contributed by atoms with van der Waals surface area (Å²) in [5.41, 5.74) is -3.51. The molecular weight excluding hydrogens is 222 g/mol. The Kier molecular flexibility index (Phi) is 2.71. The molecule has 0 atom stereocenters. The summed E-state index contributed by atoms with van der Waals surface area (Å²) in [5, 5.41) is 0. The number of alkyl halides is 6. The molecular formula is C9H5F6. The average molecular weight is 227 g/mol. The van der Waals surface area contributed by atoms with Crippen LogP contribution in [0, 0.1) is 6.92 Å². The molecule has 0 fully saturated rings. The fourth-order valence-electron chi connectivity index (χ4n) is 1.07. The van der Waals surface area contributed by atoms with Crippen molar-refractivity contribution in [3.8, 4) is 0 Å². The second-order valence-corrected chi connectivity index (χ2v) is 2.88. The molecule has 1 aromatic rings. The molecule has 1 rings (SSSR count). The molecule has 83 valence electrons. The lowest BCUT2D eigenvalue weighted by Crippen LogP contribution is -2.16. The van der Waals surface area contributed by atoms with Crippen LogP contribution in [0.25, 0.3) is 0 Å². The first-order chi connectivity index (χ1) is 6.62. The molecule has 0 N–H and O–H groups in total. The minimum Gasteiger partial charge on any atom is -0.166 e. The average Bonchev–Trinajstić information content (AvgIpc) is 2.00. The highest BCUT2D eigenvalue weighted by Crippen LogP contribution is 2.40. The van der Waals surface area contributed by atoms with Gasteiger partial charge in [-0.3, -0.25) is 0 Å². The molecule has 0 aromatic heterocycles. The molecule has 0 aliphatic carbocycles. The van der Waals surface area contributed by atoms with Gasteiger partial charge in [0.25, 0.3) is 0 Å². The third-order valence-corrected chi connectivity index (χ3v) is 1.69. The van der Waals surface area contributed by atoms with Gasteiger partial charge in [0.15, 0.2) is 0 Å². The van der Waals surface area contributed by atoms with E-state index >= 15 is 0 Å². The number of benzene rings is 1. The fraction of sp³-hybridized carbons (Fsp3) is 0.222. The predicted octanol–water partition coefficient (Wildman–Crippen LogP) is 3.91. The molecule has 0 heterocycles. The summed E-state index contributed by atoms with van der Waals surface area (Å²) in [6, 6.07) is 1.64. The molecule has 0 unspecified atom stereocenters. The highest BCUT2D eigenvalue weighted by atomic mass is 19.4. The van der Waals surface area contributed by atoms with Gasteiger partial charge in [0.1, 0.15) is 0 Å². The van der Waals surface area contributed by atoms with Gasteiger partial charge >= 0.3 is 12.4 Å². The predicted molar refractivity (Wildman–Crippen MR) is 40.9 cm³/mol. The second-order valence-electron chi connectivity index (χ2n) is 2.88. The maximum atomic E-state index is 12.2. The lowest BCUT2D eigenvalue weighted by atomic mass is 10.0. The van der Waals surface area contributed by atoms with E-state index in [1.165, 1.54) is 0 Å². The minimum atomic E-state index is -5.03. The maximum Gasteiger partial charge on any atom is 0.417 e. The summed E-state index contributed by atoms with van der Waals surface area (Å²) < 4.78 is 73.3. The molecule has 0 aliphatic rings. The van der Waals surface area contributed by atoms with Gasteiger partial charge in [-0.25, -0.2) is 0 Å². The van der Waals surface area contributed by atoms with E-state index < -0.39 is 23.5 Å². The lowest BCUT2D eigenvalue weighted by molar-refractivity contribution is -0.162. The van der Waals surface area contributed by atoms with Gasteiger partial charge in [0.2, 0.25) is 0 Å². The molecule has 0 aliphatic heterocycles. The first kappa shape index (κ1) is 11.9. The van der Waals surface area contributed by atoms with Crippen molar-refractivity contribution in [2.24, 2.45) is 0 Å². The monoisotopic (exact) mass is 227 g/mol. The summed E-state index contributed by atoms with van der Waals surface area (Å²) in [7, 11) is 0. The third kappa shape index (κ3) is 2.64. The number of halogens is 6. The Hall–Kier alpha value is -1.20. The van der Waals surface area contributed by atoms with Crippen LogP contribution >= 0.6 is 0 Å². The molecule has 0 bridgehead atoms. The summed E-state index contributed by atoms with van der Waals surface area (Å²) in [6.45, 7) is 3.15. The second kappa shape index (κ2) is 3.43. The van der Waals surface area contributed by atoms with Gasteiger partial charge in [-0.1, -0.05) is 6.07 Å². The zero-order valence-electron chi connectivity index (χ0n) is 7.21. The van der Waals surface area contributed by atoms with Crippen LogP contribution in [0.2, 0.25) is 0 Å². The Balaban J connectivity index is 3.41. The van der Waals surface area contributed by atoms with E-state index in [-0.39, 0.29) is 5.56 Å². The SMILES string of the molecule is [CH2]c1ccc(C(F)(F)F)c(C(F)(F)F)c1. The van der Waals surface area contributed by atoms with Crippen LogP contribution in [0.15, 0.2) is 18.2 Å². The first-order valence-electron chi connectivity index (χ1n) is 3.73. The van der Waals surface area contributed by atoms with Crippen LogP contribution in [0.1, 0.15) is 16.7 Å². The van der Waals surface area contributed by atoms with Gasteiger partial charge in [0, 0.05) is 0 Å². The Bertz CT molecular complexity index is 360. The van der Waals surface area contributed by atoms with E-state index in [1.54, 1.807) is 0 Å². The summed E-state index contributed by atoms with van der Waals surface area (Å²) >= 11 is 0. The number of rotatable bonds is 0. The Labute approximate surface area is 81.5 Å². The van der Waals surface area contributed by atoms with Crippen LogP contribution in [-0.2, 0) is 12.4 Å². The van der Waals surface area contributed by atoms with Crippen LogP contribution in [-0.4, -0.2) is 0 Å². The smallest absolute Gasteiger partial charge is 0.166 e. The van der Waals surface area contributed by atoms with Crippen molar-refractivity contribution in [2.45, 2.75) is 12.4 Å². The van der Waals surface area contributed by atoms with Crippen LogP contribution in [0.4, 0.5) is 26.3 Å². The molecule has 15 heavy (non-hydrogen) atoms. The molecule has 1 aromatic carbocycles. The zero-order valence-corrected chi connectivity index (χ0v) is 7.21. The quantitative estimate of drug-likeness (QED) is 0.589. The topological polar surface area (TPSA) is 0 Å². The van der Waals surface area contributed by atoms with Gasteiger partial charge in [-0.05, 0) is 24.6 Å². The van der Waals surface area contributed by atoms with E-state index in [0.29, 0.717) is 12.1 Å². The van der Waals surface area contributed by atoms with E-state index in [0.717, 1.165) is 6.07 Å². The van der Waals surface area contributed by atoms with E-state index in [1.807, 2.05) is 0 Å². The molecule has 0 amide bonds. The molecule has 0 saturated heterocycles. The Morgan fingerprint density at radius 3 is 1.67 bits per heavy atom. The first-order valence-corrected chi connectivity index (χ1v) is 3.73. The van der Waals surface area contributed by atoms with Crippen molar-refractivity contribution in [1.82, 2.24) is 0 Å². The van der Waals surface area contributed by atoms with Gasteiger partial charge in [-0.2, -0.15) is 26.3 Å². The highest BCUT2D eigenvalue weighted by Gasteiger charge is 2.42. The van der Waals surface area contributed by atoms with Crippen LogP contribution in [0.5, 0.6) is 0 Å².